The fraction of sp³-hybridized carbons (Fsp3) is 0.182. The number of fused-ring (bicyclic) bond motifs is 1. The van der Waals surface area contributed by atoms with Crippen LogP contribution in [0.1, 0.15) is 40.4 Å². The summed E-state index contributed by atoms with van der Waals surface area (Å²) in [5.74, 6) is 4.64. The minimum atomic E-state index is -0.421. The van der Waals surface area contributed by atoms with Crippen molar-refractivity contribution in [3.8, 4) is 11.8 Å². The molecule has 0 bridgehead atoms. The van der Waals surface area contributed by atoms with Gasteiger partial charge in [0.1, 0.15) is 11.3 Å². The van der Waals surface area contributed by atoms with Crippen LogP contribution in [0.15, 0.2) is 53.3 Å². The Labute approximate surface area is 166 Å². The number of imide groups is 1. The molecule has 1 atom stereocenters. The van der Waals surface area contributed by atoms with E-state index in [0.29, 0.717) is 24.1 Å². The van der Waals surface area contributed by atoms with Crippen LogP contribution >= 0.6 is 0 Å². The molecule has 1 aliphatic rings. The minimum Gasteiger partial charge on any atom is -0.464 e. The molecule has 1 unspecified atom stereocenters. The molecule has 2 aromatic heterocycles. The predicted molar refractivity (Wildman–Crippen MR) is 105 cm³/mol. The largest absolute Gasteiger partial charge is 0.464 e. The van der Waals surface area contributed by atoms with Crippen LogP contribution in [-0.2, 0) is 9.59 Å². The predicted octanol–water partition coefficient (Wildman–Crippen LogP) is 2.13. The Morgan fingerprint density at radius 2 is 2.17 bits per heavy atom. The maximum absolute atomic E-state index is 12.2. The average molecular weight is 387 g/mol. The van der Waals surface area contributed by atoms with Gasteiger partial charge in [-0.1, -0.05) is 17.9 Å². The zero-order valence-electron chi connectivity index (χ0n) is 15.4. The first-order valence-electron chi connectivity index (χ1n) is 9.15. The van der Waals surface area contributed by atoms with Gasteiger partial charge < -0.3 is 9.73 Å². The highest BCUT2D eigenvalue weighted by atomic mass is 16.3. The van der Waals surface area contributed by atoms with Crippen molar-refractivity contribution in [2.45, 2.75) is 18.8 Å². The molecule has 2 N–H and O–H groups in total. The second kappa shape index (κ2) is 7.98. The fourth-order valence-electron chi connectivity index (χ4n) is 3.25. The normalized spacial score (nSPS) is 16.1. The number of aromatic nitrogens is 1. The monoisotopic (exact) mass is 387 g/mol. The van der Waals surface area contributed by atoms with Gasteiger partial charge in [0, 0.05) is 29.1 Å². The standard InChI is InChI=1S/C22H17N3O4/c26-20-9-7-15(21(27)25-20)17-13-29-19-8-6-14(12-16(17)19)4-3-11-24-22(28)18-5-1-2-10-23-18/h1-2,5-6,8,10,12-13,15H,7,9,11H2,(H,24,28)(H,25,26,27). The fourth-order valence-corrected chi connectivity index (χ4v) is 3.25. The van der Waals surface area contributed by atoms with Crippen LogP contribution < -0.4 is 10.6 Å². The summed E-state index contributed by atoms with van der Waals surface area (Å²) in [7, 11) is 0. The quantitative estimate of drug-likeness (QED) is 0.530. The van der Waals surface area contributed by atoms with Crippen molar-refractivity contribution >= 4 is 28.7 Å². The van der Waals surface area contributed by atoms with E-state index < -0.39 is 5.92 Å². The molecule has 1 aromatic carbocycles. The van der Waals surface area contributed by atoms with Gasteiger partial charge >= 0.3 is 0 Å². The zero-order chi connectivity index (χ0) is 20.2. The molecule has 1 saturated heterocycles. The van der Waals surface area contributed by atoms with Crippen molar-refractivity contribution in [2.24, 2.45) is 0 Å². The highest BCUT2D eigenvalue weighted by molar-refractivity contribution is 6.02. The molecule has 0 saturated carbocycles. The van der Waals surface area contributed by atoms with E-state index in [-0.39, 0.29) is 24.3 Å². The van der Waals surface area contributed by atoms with Gasteiger partial charge in [-0.2, -0.15) is 0 Å². The number of pyridine rings is 1. The number of furan rings is 1. The highest BCUT2D eigenvalue weighted by Crippen LogP contribution is 2.32. The molecule has 1 fully saturated rings. The third kappa shape index (κ3) is 4.01. The highest BCUT2D eigenvalue weighted by Gasteiger charge is 2.30. The number of rotatable bonds is 3. The van der Waals surface area contributed by atoms with Gasteiger partial charge in [-0.15, -0.1) is 0 Å². The summed E-state index contributed by atoms with van der Waals surface area (Å²) in [4.78, 5) is 39.5. The van der Waals surface area contributed by atoms with E-state index >= 15 is 0 Å². The summed E-state index contributed by atoms with van der Waals surface area (Å²) >= 11 is 0. The molecule has 0 spiro atoms. The minimum absolute atomic E-state index is 0.179. The lowest BCUT2D eigenvalue weighted by Crippen LogP contribution is -2.39. The molecular weight excluding hydrogens is 370 g/mol. The number of hydrogen-bond acceptors (Lipinski definition) is 5. The number of piperidine rings is 1. The van der Waals surface area contributed by atoms with Crippen molar-refractivity contribution in [3.63, 3.8) is 0 Å². The van der Waals surface area contributed by atoms with Gasteiger partial charge in [-0.05, 0) is 36.8 Å². The van der Waals surface area contributed by atoms with E-state index in [9.17, 15) is 14.4 Å². The molecule has 4 rings (SSSR count). The number of amides is 3. The number of nitrogens with one attached hydrogen (secondary N) is 2. The number of carbonyl (C=O) groups is 3. The molecule has 3 heterocycles. The summed E-state index contributed by atoms with van der Waals surface area (Å²) in [6.45, 7) is 0.179. The van der Waals surface area contributed by atoms with Crippen molar-refractivity contribution in [3.05, 3.63) is 65.7 Å². The first-order chi connectivity index (χ1) is 14.1. The molecule has 3 aromatic rings. The second-order valence-electron chi connectivity index (χ2n) is 6.61. The molecule has 7 nitrogen and oxygen atoms in total. The molecule has 0 radical (unpaired) electrons. The van der Waals surface area contributed by atoms with Crippen molar-refractivity contribution in [2.75, 3.05) is 6.54 Å². The van der Waals surface area contributed by atoms with Gasteiger partial charge in [-0.25, -0.2) is 0 Å². The lowest BCUT2D eigenvalue weighted by molar-refractivity contribution is -0.134. The SMILES string of the molecule is O=C1CCC(c2coc3ccc(C#CCNC(=O)c4ccccn4)cc23)C(=O)N1. The molecule has 1 aliphatic heterocycles. The Morgan fingerprint density at radius 1 is 1.28 bits per heavy atom. The molecule has 144 valence electrons. The van der Waals surface area contributed by atoms with Crippen molar-refractivity contribution in [1.29, 1.82) is 0 Å². The van der Waals surface area contributed by atoms with Gasteiger partial charge in [0.15, 0.2) is 0 Å². The Bertz CT molecular complexity index is 1160. The van der Waals surface area contributed by atoms with Crippen LogP contribution in [-0.4, -0.2) is 29.3 Å². The van der Waals surface area contributed by atoms with Gasteiger partial charge in [-0.3, -0.25) is 24.7 Å². The third-order valence-corrected chi connectivity index (χ3v) is 4.69. The van der Waals surface area contributed by atoms with Crippen LogP contribution in [0.3, 0.4) is 0 Å². The molecule has 29 heavy (non-hydrogen) atoms. The van der Waals surface area contributed by atoms with Crippen LogP contribution in [0, 0.1) is 11.8 Å². The van der Waals surface area contributed by atoms with Gasteiger partial charge in [0.2, 0.25) is 11.8 Å². The zero-order valence-corrected chi connectivity index (χ0v) is 15.4. The van der Waals surface area contributed by atoms with Gasteiger partial charge in [0.05, 0.1) is 18.7 Å². The average Bonchev–Trinajstić information content (AvgIpc) is 3.15. The van der Waals surface area contributed by atoms with Gasteiger partial charge in [0.25, 0.3) is 5.91 Å². The maximum Gasteiger partial charge on any atom is 0.270 e. The number of hydrogen-bond donors (Lipinski definition) is 2. The first-order valence-corrected chi connectivity index (χ1v) is 9.15. The van der Waals surface area contributed by atoms with E-state index in [0.717, 1.165) is 16.5 Å². The number of carbonyl (C=O) groups excluding carboxylic acids is 3. The Kier molecular flexibility index (Phi) is 5.08. The Balaban J connectivity index is 1.48. The summed E-state index contributed by atoms with van der Waals surface area (Å²) in [5.41, 5.74) is 2.47. The molecule has 3 amide bonds. The lowest BCUT2D eigenvalue weighted by Gasteiger charge is -2.19. The third-order valence-electron chi connectivity index (χ3n) is 4.69. The van der Waals surface area contributed by atoms with Crippen molar-refractivity contribution < 1.29 is 18.8 Å². The summed E-state index contributed by atoms with van der Waals surface area (Å²) in [6.07, 6.45) is 3.88. The van der Waals surface area contributed by atoms with Crippen molar-refractivity contribution in [1.82, 2.24) is 15.6 Å². The smallest absolute Gasteiger partial charge is 0.270 e. The van der Waals surface area contributed by atoms with Crippen LogP contribution in [0.5, 0.6) is 0 Å². The summed E-state index contributed by atoms with van der Waals surface area (Å²) in [5, 5.41) is 5.86. The maximum atomic E-state index is 12.2. The summed E-state index contributed by atoms with van der Waals surface area (Å²) < 4.78 is 5.56. The van der Waals surface area contributed by atoms with E-state index in [1.165, 1.54) is 0 Å². The molecular formula is C22H17N3O4. The first kappa shape index (κ1) is 18.4. The van der Waals surface area contributed by atoms with E-state index in [1.807, 2.05) is 12.1 Å². The topological polar surface area (TPSA) is 101 Å². The van der Waals surface area contributed by atoms with Crippen LogP contribution in [0.25, 0.3) is 11.0 Å². The van der Waals surface area contributed by atoms with E-state index in [2.05, 4.69) is 27.5 Å². The Hall–Kier alpha value is -3.92. The molecule has 0 aliphatic carbocycles. The van der Waals surface area contributed by atoms with Crippen LogP contribution in [0.2, 0.25) is 0 Å². The number of nitrogens with zero attached hydrogens (tertiary/aromatic N) is 1. The lowest BCUT2D eigenvalue weighted by atomic mass is 9.90. The summed E-state index contributed by atoms with van der Waals surface area (Å²) in [6, 6.07) is 10.6. The number of benzene rings is 1. The van der Waals surface area contributed by atoms with Crippen LogP contribution in [0.4, 0.5) is 0 Å². The van der Waals surface area contributed by atoms with E-state index in [1.54, 1.807) is 36.7 Å². The molecule has 7 heteroatoms. The Morgan fingerprint density at radius 3 is 2.97 bits per heavy atom. The second-order valence-corrected chi connectivity index (χ2v) is 6.61. The van der Waals surface area contributed by atoms with E-state index in [4.69, 9.17) is 4.42 Å².